The summed E-state index contributed by atoms with van der Waals surface area (Å²) in [4.78, 5) is 12.5. The Labute approximate surface area is 124 Å². The van der Waals surface area contributed by atoms with Gasteiger partial charge < -0.3 is 14.5 Å². The summed E-state index contributed by atoms with van der Waals surface area (Å²) >= 11 is 0. The summed E-state index contributed by atoms with van der Waals surface area (Å²) in [6.45, 7) is 6.04. The Balaban J connectivity index is 1.84. The van der Waals surface area contributed by atoms with Crippen LogP contribution in [0.2, 0.25) is 0 Å². The van der Waals surface area contributed by atoms with Crippen LogP contribution in [-0.2, 0) is 0 Å². The maximum absolute atomic E-state index is 12.5. The highest BCUT2D eigenvalue weighted by molar-refractivity contribution is 5.97. The Morgan fingerprint density at radius 1 is 1.24 bits per heavy atom. The Morgan fingerprint density at radius 2 is 2.05 bits per heavy atom. The van der Waals surface area contributed by atoms with E-state index >= 15 is 0 Å². The van der Waals surface area contributed by atoms with Gasteiger partial charge in [0.05, 0.1) is 17.9 Å². The molecule has 3 atom stereocenters. The van der Waals surface area contributed by atoms with Gasteiger partial charge in [-0.3, -0.25) is 4.79 Å². The first-order valence-electron chi connectivity index (χ1n) is 7.21. The van der Waals surface area contributed by atoms with E-state index in [-0.39, 0.29) is 18.1 Å². The predicted octanol–water partition coefficient (Wildman–Crippen LogP) is 3.66. The molecule has 0 saturated carbocycles. The first-order valence-corrected chi connectivity index (χ1v) is 7.21. The number of carbonyl (C=O) groups excluding carboxylic acids is 1. The van der Waals surface area contributed by atoms with Crippen LogP contribution in [0, 0.1) is 0 Å². The monoisotopic (exact) mass is 285 g/mol. The number of rotatable bonds is 3. The number of fused-ring (bicyclic) bond motifs is 1. The second-order valence-corrected chi connectivity index (χ2v) is 5.55. The van der Waals surface area contributed by atoms with E-state index < -0.39 is 0 Å². The summed E-state index contributed by atoms with van der Waals surface area (Å²) in [5.41, 5.74) is 1.68. The SMILES string of the molecule is CC(NC(=O)c1cccc2c1OC(C)C2C)c1ccco1. The molecule has 0 spiro atoms. The fraction of sp³-hybridized carbons (Fsp3) is 0.353. The van der Waals surface area contributed by atoms with Gasteiger partial charge in [0.1, 0.15) is 17.6 Å². The zero-order valence-corrected chi connectivity index (χ0v) is 12.4. The maximum Gasteiger partial charge on any atom is 0.255 e. The molecule has 3 unspecified atom stereocenters. The molecule has 1 N–H and O–H groups in total. The molecule has 1 aliphatic heterocycles. The lowest BCUT2D eigenvalue weighted by atomic mass is 9.96. The smallest absolute Gasteiger partial charge is 0.255 e. The molecule has 4 nitrogen and oxygen atoms in total. The highest BCUT2D eigenvalue weighted by Crippen LogP contribution is 2.40. The average molecular weight is 285 g/mol. The quantitative estimate of drug-likeness (QED) is 0.936. The van der Waals surface area contributed by atoms with Crippen LogP contribution in [0.3, 0.4) is 0 Å². The van der Waals surface area contributed by atoms with Crippen molar-refractivity contribution in [2.24, 2.45) is 0 Å². The zero-order valence-electron chi connectivity index (χ0n) is 12.4. The van der Waals surface area contributed by atoms with Gasteiger partial charge in [-0.1, -0.05) is 19.1 Å². The minimum atomic E-state index is -0.181. The summed E-state index contributed by atoms with van der Waals surface area (Å²) in [5.74, 6) is 1.60. The van der Waals surface area contributed by atoms with Crippen LogP contribution in [0.4, 0.5) is 0 Å². The van der Waals surface area contributed by atoms with Gasteiger partial charge in [0.25, 0.3) is 5.91 Å². The third-order valence-corrected chi connectivity index (χ3v) is 4.11. The summed E-state index contributed by atoms with van der Waals surface area (Å²) in [7, 11) is 0. The average Bonchev–Trinajstić information content (AvgIpc) is 3.08. The lowest BCUT2D eigenvalue weighted by Crippen LogP contribution is -2.26. The molecule has 2 aromatic rings. The predicted molar refractivity (Wildman–Crippen MR) is 79.5 cm³/mol. The molecule has 1 aromatic heterocycles. The topological polar surface area (TPSA) is 51.5 Å². The van der Waals surface area contributed by atoms with E-state index in [0.29, 0.717) is 17.2 Å². The number of para-hydroxylation sites is 1. The lowest BCUT2D eigenvalue weighted by Gasteiger charge is -2.13. The van der Waals surface area contributed by atoms with Gasteiger partial charge in [-0.25, -0.2) is 0 Å². The van der Waals surface area contributed by atoms with E-state index in [4.69, 9.17) is 9.15 Å². The largest absolute Gasteiger partial charge is 0.489 e. The van der Waals surface area contributed by atoms with Crippen LogP contribution in [0.25, 0.3) is 0 Å². The molecule has 0 fully saturated rings. The molecule has 0 bridgehead atoms. The number of carbonyl (C=O) groups is 1. The van der Waals surface area contributed by atoms with Crippen molar-refractivity contribution in [2.45, 2.75) is 38.8 Å². The van der Waals surface area contributed by atoms with Crippen molar-refractivity contribution in [3.05, 3.63) is 53.5 Å². The molecule has 0 aliphatic carbocycles. The fourth-order valence-corrected chi connectivity index (χ4v) is 2.65. The highest BCUT2D eigenvalue weighted by Gasteiger charge is 2.31. The molecule has 1 amide bonds. The van der Waals surface area contributed by atoms with Crippen molar-refractivity contribution in [2.75, 3.05) is 0 Å². The number of ether oxygens (including phenoxy) is 1. The van der Waals surface area contributed by atoms with Crippen LogP contribution >= 0.6 is 0 Å². The minimum Gasteiger partial charge on any atom is -0.489 e. The maximum atomic E-state index is 12.5. The number of amides is 1. The summed E-state index contributed by atoms with van der Waals surface area (Å²) in [6.07, 6.45) is 1.70. The number of hydrogen-bond donors (Lipinski definition) is 1. The van der Waals surface area contributed by atoms with Gasteiger partial charge in [-0.15, -0.1) is 0 Å². The van der Waals surface area contributed by atoms with Gasteiger partial charge in [-0.05, 0) is 32.0 Å². The van der Waals surface area contributed by atoms with Gasteiger partial charge in [0, 0.05) is 11.5 Å². The number of hydrogen-bond acceptors (Lipinski definition) is 3. The summed E-state index contributed by atoms with van der Waals surface area (Å²) < 4.78 is 11.2. The molecule has 0 saturated heterocycles. The zero-order chi connectivity index (χ0) is 15.0. The van der Waals surface area contributed by atoms with Crippen molar-refractivity contribution in [3.8, 4) is 5.75 Å². The van der Waals surface area contributed by atoms with E-state index in [1.807, 2.05) is 38.1 Å². The molecular weight excluding hydrogens is 266 g/mol. The van der Waals surface area contributed by atoms with E-state index in [2.05, 4.69) is 12.2 Å². The third-order valence-electron chi connectivity index (χ3n) is 4.11. The molecular formula is C17H19NO3. The number of benzene rings is 1. The number of nitrogens with one attached hydrogen (secondary N) is 1. The molecule has 3 rings (SSSR count). The van der Waals surface area contributed by atoms with Gasteiger partial charge >= 0.3 is 0 Å². The Hall–Kier alpha value is -2.23. The van der Waals surface area contributed by atoms with Crippen molar-refractivity contribution in [3.63, 3.8) is 0 Å². The number of furan rings is 1. The van der Waals surface area contributed by atoms with Crippen molar-refractivity contribution >= 4 is 5.91 Å². The third kappa shape index (κ3) is 2.42. The summed E-state index contributed by atoms with van der Waals surface area (Å²) in [6, 6.07) is 9.21. The van der Waals surface area contributed by atoms with Crippen molar-refractivity contribution < 1.29 is 13.9 Å². The van der Waals surface area contributed by atoms with Crippen LogP contribution in [-0.4, -0.2) is 12.0 Å². The van der Waals surface area contributed by atoms with Crippen LogP contribution in [0.5, 0.6) is 5.75 Å². The Morgan fingerprint density at radius 3 is 2.76 bits per heavy atom. The Kier molecular flexibility index (Phi) is 3.45. The van der Waals surface area contributed by atoms with Crippen LogP contribution < -0.4 is 10.1 Å². The highest BCUT2D eigenvalue weighted by atomic mass is 16.5. The second-order valence-electron chi connectivity index (χ2n) is 5.55. The van der Waals surface area contributed by atoms with E-state index in [0.717, 1.165) is 11.3 Å². The van der Waals surface area contributed by atoms with Crippen LogP contribution in [0.1, 0.15) is 54.4 Å². The molecule has 1 aliphatic rings. The first-order chi connectivity index (χ1) is 10.1. The van der Waals surface area contributed by atoms with Crippen molar-refractivity contribution in [1.82, 2.24) is 5.32 Å². The normalized spacial score (nSPS) is 21.5. The standard InChI is InChI=1S/C17H19NO3/c1-10-12(3)21-16-13(10)6-4-7-14(16)17(19)18-11(2)15-8-5-9-20-15/h4-12H,1-3H3,(H,18,19). The molecule has 1 aromatic carbocycles. The van der Waals surface area contributed by atoms with Crippen LogP contribution in [0.15, 0.2) is 41.0 Å². The van der Waals surface area contributed by atoms with Gasteiger partial charge in [0.2, 0.25) is 0 Å². The van der Waals surface area contributed by atoms with E-state index in [9.17, 15) is 4.79 Å². The van der Waals surface area contributed by atoms with E-state index in [1.165, 1.54) is 0 Å². The van der Waals surface area contributed by atoms with Gasteiger partial charge in [-0.2, -0.15) is 0 Å². The molecule has 110 valence electrons. The second kappa shape index (κ2) is 5.28. The fourth-order valence-electron chi connectivity index (χ4n) is 2.65. The van der Waals surface area contributed by atoms with Gasteiger partial charge in [0.15, 0.2) is 0 Å². The lowest BCUT2D eigenvalue weighted by molar-refractivity contribution is 0.0930. The summed E-state index contributed by atoms with van der Waals surface area (Å²) in [5, 5.41) is 2.95. The molecule has 0 radical (unpaired) electrons. The van der Waals surface area contributed by atoms with Crippen molar-refractivity contribution in [1.29, 1.82) is 0 Å². The first kappa shape index (κ1) is 13.7. The molecule has 4 heteroatoms. The van der Waals surface area contributed by atoms with E-state index in [1.54, 1.807) is 12.3 Å². The molecule has 21 heavy (non-hydrogen) atoms. The minimum absolute atomic E-state index is 0.0939. The molecule has 2 heterocycles. The Bertz CT molecular complexity index is 648.